The molecule has 0 aliphatic carbocycles. The van der Waals surface area contributed by atoms with Crippen molar-refractivity contribution in [3.8, 4) is 5.69 Å². The molecular weight excluding hydrogens is 317 g/mol. The minimum atomic E-state index is -0.213. The Labute approximate surface area is 148 Å². The summed E-state index contributed by atoms with van der Waals surface area (Å²) in [6.45, 7) is 4.36. The zero-order valence-electron chi connectivity index (χ0n) is 14.5. The van der Waals surface area contributed by atoms with Crippen LogP contribution in [0.3, 0.4) is 0 Å². The van der Waals surface area contributed by atoms with E-state index in [-0.39, 0.29) is 12.4 Å². The highest BCUT2D eigenvalue weighted by Gasteiger charge is 2.36. The minimum Gasteiger partial charge on any atom is -0.396 e. The van der Waals surface area contributed by atoms with Gasteiger partial charge in [-0.2, -0.15) is 0 Å². The zero-order valence-corrected chi connectivity index (χ0v) is 14.5. The summed E-state index contributed by atoms with van der Waals surface area (Å²) in [4.78, 5) is 5.09. The largest absolute Gasteiger partial charge is 0.396 e. The predicted octanol–water partition coefficient (Wildman–Crippen LogP) is 2.65. The number of aromatic nitrogens is 1. The third kappa shape index (κ3) is 3.50. The summed E-state index contributed by atoms with van der Waals surface area (Å²) in [5.74, 6) is -0.213. The molecule has 2 atom stereocenters. The molecule has 1 aromatic heterocycles. The molecule has 0 bridgehead atoms. The molecule has 4 rings (SSSR count). The van der Waals surface area contributed by atoms with E-state index in [1.807, 2.05) is 18.3 Å². The average Bonchev–Trinajstić information content (AvgIpc) is 3.24. The quantitative estimate of drug-likeness (QED) is 0.906. The second kappa shape index (κ2) is 7.28. The van der Waals surface area contributed by atoms with E-state index in [1.54, 1.807) is 12.1 Å². The lowest BCUT2D eigenvalue weighted by atomic mass is 10.0. The van der Waals surface area contributed by atoms with Gasteiger partial charge in [-0.1, -0.05) is 6.07 Å². The fourth-order valence-corrected chi connectivity index (χ4v) is 4.40. The van der Waals surface area contributed by atoms with E-state index in [0.29, 0.717) is 12.1 Å². The van der Waals surface area contributed by atoms with Crippen LogP contribution in [-0.4, -0.2) is 57.8 Å². The number of aliphatic hydroxyl groups is 1. The van der Waals surface area contributed by atoms with Crippen LogP contribution in [0.15, 0.2) is 42.6 Å². The third-order valence-electron chi connectivity index (χ3n) is 5.65. The number of halogens is 1. The highest BCUT2D eigenvalue weighted by molar-refractivity contribution is 5.35. The van der Waals surface area contributed by atoms with Crippen LogP contribution < -0.4 is 0 Å². The monoisotopic (exact) mass is 343 g/mol. The number of rotatable bonds is 5. The maximum atomic E-state index is 13.6. The van der Waals surface area contributed by atoms with E-state index < -0.39 is 0 Å². The van der Waals surface area contributed by atoms with Gasteiger partial charge < -0.3 is 9.67 Å². The van der Waals surface area contributed by atoms with E-state index >= 15 is 0 Å². The lowest BCUT2D eigenvalue weighted by molar-refractivity contribution is 0.0323. The van der Waals surface area contributed by atoms with E-state index in [0.717, 1.165) is 31.7 Å². The average molecular weight is 343 g/mol. The molecule has 134 valence electrons. The third-order valence-corrected chi connectivity index (χ3v) is 5.65. The lowest BCUT2D eigenvalue weighted by Crippen LogP contribution is -2.55. The standard InChI is InChI=1S/C20H26FN3O/c21-16-4-1-5-17(12-16)24-10-3-7-20(24)15-23-14-18-6-2-9-22(18)13-19(23)8-11-25/h1,3-5,7,10,12,18-19,25H,2,6,8-9,11,13-15H2/t18?,19-/m0/s1. The number of nitrogens with zero attached hydrogens (tertiary/aromatic N) is 3. The predicted molar refractivity (Wildman–Crippen MR) is 96.2 cm³/mol. The second-order valence-corrected chi connectivity index (χ2v) is 7.24. The van der Waals surface area contributed by atoms with E-state index in [2.05, 4.69) is 20.4 Å². The highest BCUT2D eigenvalue weighted by atomic mass is 19.1. The normalized spacial score (nSPS) is 24.6. The van der Waals surface area contributed by atoms with Crippen LogP contribution in [-0.2, 0) is 6.54 Å². The molecule has 5 heteroatoms. The number of hydrogen-bond acceptors (Lipinski definition) is 3. The summed E-state index contributed by atoms with van der Waals surface area (Å²) in [5.41, 5.74) is 2.03. The fraction of sp³-hybridized carbons (Fsp3) is 0.500. The Hall–Kier alpha value is -1.69. The van der Waals surface area contributed by atoms with Gasteiger partial charge in [-0.3, -0.25) is 9.80 Å². The van der Waals surface area contributed by atoms with Crippen LogP contribution in [0.1, 0.15) is 25.0 Å². The molecule has 25 heavy (non-hydrogen) atoms. The molecule has 0 spiro atoms. The van der Waals surface area contributed by atoms with E-state index in [9.17, 15) is 9.50 Å². The number of benzene rings is 1. The summed E-state index contributed by atoms with van der Waals surface area (Å²) >= 11 is 0. The summed E-state index contributed by atoms with van der Waals surface area (Å²) < 4.78 is 15.7. The van der Waals surface area contributed by atoms with Gasteiger partial charge in [0.2, 0.25) is 0 Å². The zero-order chi connectivity index (χ0) is 17.2. The Balaban J connectivity index is 1.55. The van der Waals surface area contributed by atoms with Gasteiger partial charge in [0.15, 0.2) is 0 Å². The highest BCUT2D eigenvalue weighted by Crippen LogP contribution is 2.27. The van der Waals surface area contributed by atoms with Crippen LogP contribution in [0, 0.1) is 5.82 Å². The summed E-state index contributed by atoms with van der Waals surface area (Å²) in [6, 6.07) is 11.9. The molecular formula is C20H26FN3O. The first-order chi connectivity index (χ1) is 12.2. The molecule has 0 saturated carbocycles. The van der Waals surface area contributed by atoms with Crippen molar-refractivity contribution < 1.29 is 9.50 Å². The van der Waals surface area contributed by atoms with Crippen molar-refractivity contribution in [2.24, 2.45) is 0 Å². The van der Waals surface area contributed by atoms with Gasteiger partial charge in [0.25, 0.3) is 0 Å². The Morgan fingerprint density at radius 2 is 2.08 bits per heavy atom. The van der Waals surface area contributed by atoms with Crippen LogP contribution in [0.2, 0.25) is 0 Å². The topological polar surface area (TPSA) is 31.6 Å². The van der Waals surface area contributed by atoms with Crippen LogP contribution >= 0.6 is 0 Å². The van der Waals surface area contributed by atoms with Gasteiger partial charge in [0, 0.05) is 55.9 Å². The molecule has 2 saturated heterocycles. The van der Waals surface area contributed by atoms with Gasteiger partial charge in [-0.15, -0.1) is 0 Å². The van der Waals surface area contributed by atoms with Crippen LogP contribution in [0.4, 0.5) is 4.39 Å². The Kier molecular flexibility index (Phi) is 4.88. The fourth-order valence-electron chi connectivity index (χ4n) is 4.40. The van der Waals surface area contributed by atoms with Gasteiger partial charge >= 0.3 is 0 Å². The minimum absolute atomic E-state index is 0.213. The molecule has 1 N–H and O–H groups in total. The van der Waals surface area contributed by atoms with E-state index in [1.165, 1.54) is 31.1 Å². The Morgan fingerprint density at radius 3 is 2.92 bits per heavy atom. The van der Waals surface area contributed by atoms with Crippen molar-refractivity contribution in [3.05, 3.63) is 54.1 Å². The van der Waals surface area contributed by atoms with Crippen molar-refractivity contribution in [3.63, 3.8) is 0 Å². The van der Waals surface area contributed by atoms with Gasteiger partial charge in [0.1, 0.15) is 5.82 Å². The molecule has 0 radical (unpaired) electrons. The molecule has 0 amide bonds. The van der Waals surface area contributed by atoms with Gasteiger partial charge in [0.05, 0.1) is 0 Å². The van der Waals surface area contributed by atoms with Gasteiger partial charge in [-0.05, 0) is 56.1 Å². The van der Waals surface area contributed by atoms with Crippen LogP contribution in [0.5, 0.6) is 0 Å². The molecule has 1 unspecified atom stereocenters. The number of hydrogen-bond donors (Lipinski definition) is 1. The second-order valence-electron chi connectivity index (χ2n) is 7.24. The number of piperazine rings is 1. The summed E-state index contributed by atoms with van der Waals surface area (Å²) in [5, 5.41) is 9.47. The maximum Gasteiger partial charge on any atom is 0.125 e. The summed E-state index contributed by atoms with van der Waals surface area (Å²) in [6.07, 6.45) is 5.36. The molecule has 2 aliphatic rings. The number of fused-ring (bicyclic) bond motifs is 1. The first-order valence-corrected chi connectivity index (χ1v) is 9.26. The van der Waals surface area contributed by atoms with E-state index in [4.69, 9.17) is 0 Å². The lowest BCUT2D eigenvalue weighted by Gasteiger charge is -2.43. The molecule has 2 fully saturated rings. The molecule has 4 nitrogen and oxygen atoms in total. The van der Waals surface area contributed by atoms with Crippen molar-refractivity contribution in [2.45, 2.75) is 37.9 Å². The Bertz CT molecular complexity index is 716. The van der Waals surface area contributed by atoms with Crippen molar-refractivity contribution in [1.29, 1.82) is 0 Å². The summed E-state index contributed by atoms with van der Waals surface area (Å²) in [7, 11) is 0. The van der Waals surface area contributed by atoms with Crippen molar-refractivity contribution in [1.82, 2.24) is 14.4 Å². The molecule has 2 aromatic rings. The molecule has 2 aliphatic heterocycles. The first kappa shape index (κ1) is 16.8. The van der Waals surface area contributed by atoms with Crippen molar-refractivity contribution in [2.75, 3.05) is 26.2 Å². The molecule has 1 aromatic carbocycles. The van der Waals surface area contributed by atoms with Crippen molar-refractivity contribution >= 4 is 0 Å². The smallest absolute Gasteiger partial charge is 0.125 e. The SMILES string of the molecule is OCC[C@H]1CN2CCCC2CN1Cc1cccn1-c1cccc(F)c1. The first-order valence-electron chi connectivity index (χ1n) is 9.26. The van der Waals surface area contributed by atoms with Gasteiger partial charge in [-0.25, -0.2) is 4.39 Å². The Morgan fingerprint density at radius 1 is 1.16 bits per heavy atom. The maximum absolute atomic E-state index is 13.6. The van der Waals surface area contributed by atoms with Crippen LogP contribution in [0.25, 0.3) is 5.69 Å². The molecule has 3 heterocycles. The number of aliphatic hydroxyl groups excluding tert-OH is 1.